The number of carboxylic acids is 1. The van der Waals surface area contributed by atoms with Crippen molar-refractivity contribution in [2.75, 3.05) is 0 Å². The molecule has 1 unspecified atom stereocenters. The Labute approximate surface area is 105 Å². The van der Waals surface area contributed by atoms with Crippen LogP contribution in [0, 0.1) is 11.3 Å². The van der Waals surface area contributed by atoms with Crippen molar-refractivity contribution in [2.24, 2.45) is 0 Å². The molecule has 19 heavy (non-hydrogen) atoms. The van der Waals surface area contributed by atoms with Crippen molar-refractivity contribution in [3.05, 3.63) is 28.8 Å². The molecule has 0 heterocycles. The lowest BCUT2D eigenvalue weighted by Gasteiger charge is -2.14. The van der Waals surface area contributed by atoms with Crippen LogP contribution in [0.2, 0.25) is 0 Å². The number of aldehydes is 1. The second kappa shape index (κ2) is 5.88. The van der Waals surface area contributed by atoms with Crippen LogP contribution in [0.25, 0.3) is 0 Å². The molecule has 0 fully saturated rings. The summed E-state index contributed by atoms with van der Waals surface area (Å²) >= 11 is 0. The van der Waals surface area contributed by atoms with Crippen molar-refractivity contribution >= 4 is 12.3 Å². The molecule has 100 valence electrons. The second-order valence-electron chi connectivity index (χ2n) is 3.33. The van der Waals surface area contributed by atoms with E-state index in [0.29, 0.717) is 0 Å². The molecule has 0 saturated carbocycles. The van der Waals surface area contributed by atoms with E-state index in [0.717, 1.165) is 12.1 Å². The number of ether oxygens (including phenoxy) is 1. The van der Waals surface area contributed by atoms with Crippen LogP contribution < -0.4 is 4.74 Å². The topological polar surface area (TPSA) is 108 Å². The number of aliphatic hydroxyl groups is 1. The van der Waals surface area contributed by atoms with Gasteiger partial charge in [-0.1, -0.05) is 0 Å². The minimum Gasteiger partial charge on any atom is -0.479 e. The van der Waals surface area contributed by atoms with Crippen LogP contribution in [0.3, 0.4) is 0 Å². The largest absolute Gasteiger partial charge is 0.479 e. The highest BCUT2D eigenvalue weighted by molar-refractivity contribution is 5.86. The van der Waals surface area contributed by atoms with E-state index in [9.17, 15) is 23.5 Å². The molecular weight excluding hydrogens is 264 g/mol. The number of benzene rings is 1. The zero-order valence-electron chi connectivity index (χ0n) is 9.21. The molecule has 0 amide bonds. The SMILES string of the molecule is N#Cc1cc(OC(F)F)c(C=O)c(C(O)C(=O)O)c1. The lowest BCUT2D eigenvalue weighted by Crippen LogP contribution is -2.15. The number of halogens is 2. The molecule has 6 nitrogen and oxygen atoms in total. The number of hydrogen-bond donors (Lipinski definition) is 2. The summed E-state index contributed by atoms with van der Waals surface area (Å²) in [6.45, 7) is -3.26. The van der Waals surface area contributed by atoms with E-state index in [1.807, 2.05) is 0 Å². The molecule has 0 aliphatic heterocycles. The molecule has 2 N–H and O–H groups in total. The molecule has 0 aromatic heterocycles. The van der Waals surface area contributed by atoms with E-state index in [1.165, 1.54) is 0 Å². The number of carbonyl (C=O) groups is 2. The maximum absolute atomic E-state index is 12.2. The zero-order valence-corrected chi connectivity index (χ0v) is 9.21. The minimum absolute atomic E-state index is 0.0698. The smallest absolute Gasteiger partial charge is 0.387 e. The molecule has 0 aliphatic rings. The van der Waals surface area contributed by atoms with E-state index in [2.05, 4.69) is 4.74 Å². The third kappa shape index (κ3) is 3.23. The number of alkyl halides is 2. The van der Waals surface area contributed by atoms with Gasteiger partial charge in [-0.2, -0.15) is 14.0 Å². The summed E-state index contributed by atoms with van der Waals surface area (Å²) in [4.78, 5) is 21.5. The number of aliphatic hydroxyl groups excluding tert-OH is 1. The molecule has 1 aromatic carbocycles. The number of nitrogens with zero attached hydrogens (tertiary/aromatic N) is 1. The average molecular weight is 271 g/mol. The van der Waals surface area contributed by atoms with E-state index < -0.39 is 35.6 Å². The van der Waals surface area contributed by atoms with Gasteiger partial charge in [0, 0.05) is 5.56 Å². The summed E-state index contributed by atoms with van der Waals surface area (Å²) in [5.41, 5.74) is -1.26. The normalized spacial score (nSPS) is 11.7. The number of carboxylic acid groups (broad SMARTS) is 1. The van der Waals surface area contributed by atoms with Gasteiger partial charge in [0.15, 0.2) is 12.4 Å². The fourth-order valence-corrected chi connectivity index (χ4v) is 1.39. The summed E-state index contributed by atoms with van der Waals surface area (Å²) in [5.74, 6) is -2.36. The zero-order chi connectivity index (χ0) is 14.6. The number of hydrogen-bond acceptors (Lipinski definition) is 5. The number of aliphatic carboxylic acids is 1. The van der Waals surface area contributed by atoms with Gasteiger partial charge in [-0.3, -0.25) is 4.79 Å². The van der Waals surface area contributed by atoms with Crippen molar-refractivity contribution in [3.8, 4) is 11.8 Å². The molecule has 8 heteroatoms. The third-order valence-corrected chi connectivity index (χ3v) is 2.17. The van der Waals surface area contributed by atoms with E-state index in [1.54, 1.807) is 6.07 Å². The van der Waals surface area contributed by atoms with Crippen LogP contribution >= 0.6 is 0 Å². The highest BCUT2D eigenvalue weighted by atomic mass is 19.3. The van der Waals surface area contributed by atoms with E-state index in [4.69, 9.17) is 10.4 Å². The number of carbonyl (C=O) groups excluding carboxylic acids is 1. The standard InChI is InChI=1S/C11H7F2NO5/c12-11(13)19-8-2-5(3-14)1-6(7(8)4-15)9(16)10(17)18/h1-2,4,9,11,16H,(H,17,18). The van der Waals surface area contributed by atoms with Crippen molar-refractivity contribution in [2.45, 2.75) is 12.7 Å². The average Bonchev–Trinajstić information content (AvgIpc) is 2.35. The molecule has 0 saturated heterocycles. The molecule has 0 radical (unpaired) electrons. The third-order valence-electron chi connectivity index (χ3n) is 2.17. The summed E-state index contributed by atoms with van der Waals surface area (Å²) < 4.78 is 28.4. The fourth-order valence-electron chi connectivity index (χ4n) is 1.39. The molecule has 0 spiro atoms. The Balaban J connectivity index is 3.48. The summed E-state index contributed by atoms with van der Waals surface area (Å²) in [5, 5.41) is 26.7. The first-order valence-electron chi connectivity index (χ1n) is 4.79. The van der Waals surface area contributed by atoms with Gasteiger partial charge in [-0.15, -0.1) is 0 Å². The summed E-state index contributed by atoms with van der Waals surface area (Å²) in [6.07, 6.45) is -2.06. The number of rotatable bonds is 5. The van der Waals surface area contributed by atoms with Crippen LogP contribution in [-0.4, -0.2) is 29.1 Å². The van der Waals surface area contributed by atoms with Crippen LogP contribution in [0.4, 0.5) is 8.78 Å². The molecular formula is C11H7F2NO5. The first-order valence-corrected chi connectivity index (χ1v) is 4.79. The van der Waals surface area contributed by atoms with Crippen LogP contribution in [0.1, 0.15) is 27.6 Å². The Morgan fingerprint density at radius 2 is 2.11 bits per heavy atom. The molecule has 1 rings (SSSR count). The lowest BCUT2D eigenvalue weighted by molar-refractivity contribution is -0.146. The highest BCUT2D eigenvalue weighted by Crippen LogP contribution is 2.29. The van der Waals surface area contributed by atoms with E-state index >= 15 is 0 Å². The van der Waals surface area contributed by atoms with Crippen LogP contribution in [0.15, 0.2) is 12.1 Å². The monoisotopic (exact) mass is 271 g/mol. The maximum atomic E-state index is 12.2. The Kier molecular flexibility index (Phi) is 4.50. The summed E-state index contributed by atoms with van der Waals surface area (Å²) in [6, 6.07) is 3.35. The van der Waals surface area contributed by atoms with Gasteiger partial charge in [-0.05, 0) is 12.1 Å². The second-order valence-corrected chi connectivity index (χ2v) is 3.33. The first-order chi connectivity index (χ1) is 8.90. The van der Waals surface area contributed by atoms with Gasteiger partial charge in [0.2, 0.25) is 0 Å². The van der Waals surface area contributed by atoms with Gasteiger partial charge < -0.3 is 14.9 Å². The predicted octanol–water partition coefficient (Wildman–Crippen LogP) is 1.09. The highest BCUT2D eigenvalue weighted by Gasteiger charge is 2.24. The van der Waals surface area contributed by atoms with Crippen molar-refractivity contribution in [1.29, 1.82) is 5.26 Å². The van der Waals surface area contributed by atoms with Crippen molar-refractivity contribution in [3.63, 3.8) is 0 Å². The Hall–Kier alpha value is -2.53. The van der Waals surface area contributed by atoms with Gasteiger partial charge in [0.1, 0.15) is 5.75 Å². The van der Waals surface area contributed by atoms with Gasteiger partial charge in [-0.25, -0.2) is 4.79 Å². The predicted molar refractivity (Wildman–Crippen MR) is 55.8 cm³/mol. The van der Waals surface area contributed by atoms with E-state index in [-0.39, 0.29) is 11.8 Å². The fraction of sp³-hybridized carbons (Fsp3) is 0.182. The Bertz CT molecular complexity index is 553. The van der Waals surface area contributed by atoms with Gasteiger partial charge in [0.05, 0.1) is 17.2 Å². The van der Waals surface area contributed by atoms with Gasteiger partial charge >= 0.3 is 12.6 Å². The lowest BCUT2D eigenvalue weighted by atomic mass is 9.99. The molecule has 0 bridgehead atoms. The Morgan fingerprint density at radius 3 is 2.53 bits per heavy atom. The molecule has 0 aliphatic carbocycles. The van der Waals surface area contributed by atoms with Crippen LogP contribution in [0.5, 0.6) is 5.75 Å². The quantitative estimate of drug-likeness (QED) is 0.776. The summed E-state index contributed by atoms with van der Waals surface area (Å²) in [7, 11) is 0. The maximum Gasteiger partial charge on any atom is 0.387 e. The number of nitriles is 1. The molecule has 1 atom stereocenters. The minimum atomic E-state index is -3.26. The van der Waals surface area contributed by atoms with Crippen molar-refractivity contribution in [1.82, 2.24) is 0 Å². The van der Waals surface area contributed by atoms with Crippen LogP contribution in [-0.2, 0) is 4.79 Å². The molecule has 1 aromatic rings. The Morgan fingerprint density at radius 1 is 1.47 bits per heavy atom. The van der Waals surface area contributed by atoms with Crippen molar-refractivity contribution < 1.29 is 33.3 Å². The first kappa shape index (κ1) is 14.5. The van der Waals surface area contributed by atoms with Gasteiger partial charge in [0.25, 0.3) is 0 Å².